The van der Waals surface area contributed by atoms with Crippen LogP contribution in [0, 0.1) is 13.8 Å². The highest BCUT2D eigenvalue weighted by atomic mass is 16.1. The minimum Gasteiger partial charge on any atom is -0.326 e. The molecule has 0 heterocycles. The number of rotatable bonds is 3. The molecule has 0 bridgehead atoms. The number of anilines is 1. The van der Waals surface area contributed by atoms with Gasteiger partial charge in [0.2, 0.25) is 5.91 Å². The van der Waals surface area contributed by atoms with Crippen LogP contribution in [0.5, 0.6) is 0 Å². The van der Waals surface area contributed by atoms with Crippen LogP contribution in [0.3, 0.4) is 0 Å². The molecule has 0 atom stereocenters. The Balaban J connectivity index is 2.72. The van der Waals surface area contributed by atoms with Gasteiger partial charge in [0.1, 0.15) is 6.54 Å². The normalized spacial score (nSPS) is 9.20. The van der Waals surface area contributed by atoms with Crippen molar-refractivity contribution in [2.75, 3.05) is 11.9 Å². The first-order valence-electron chi connectivity index (χ1n) is 4.51. The van der Waals surface area contributed by atoms with Crippen molar-refractivity contribution in [3.63, 3.8) is 0 Å². The Morgan fingerprint density at radius 1 is 1.53 bits per heavy atom. The van der Waals surface area contributed by atoms with Gasteiger partial charge in [-0.15, -0.1) is 0 Å². The first-order valence-corrected chi connectivity index (χ1v) is 4.51. The number of hydrogen-bond donors (Lipinski definition) is 1. The van der Waals surface area contributed by atoms with E-state index >= 15 is 0 Å². The number of benzene rings is 1. The maximum absolute atomic E-state index is 11.2. The van der Waals surface area contributed by atoms with E-state index in [2.05, 4.69) is 15.3 Å². The Bertz CT molecular complexity index is 421. The molecule has 0 aliphatic carbocycles. The van der Waals surface area contributed by atoms with Crippen LogP contribution in [-0.2, 0) is 4.79 Å². The number of nitrogens with zero attached hydrogens (tertiary/aromatic N) is 3. The van der Waals surface area contributed by atoms with Crippen molar-refractivity contribution >= 4 is 11.6 Å². The van der Waals surface area contributed by atoms with Crippen LogP contribution in [0.4, 0.5) is 5.69 Å². The Morgan fingerprint density at radius 3 is 2.87 bits per heavy atom. The van der Waals surface area contributed by atoms with Crippen LogP contribution in [0.15, 0.2) is 23.3 Å². The van der Waals surface area contributed by atoms with Gasteiger partial charge < -0.3 is 5.32 Å². The van der Waals surface area contributed by atoms with Crippen molar-refractivity contribution in [3.05, 3.63) is 39.8 Å². The number of hydrogen-bond acceptors (Lipinski definition) is 2. The Morgan fingerprint density at radius 2 is 2.27 bits per heavy atom. The fourth-order valence-electron chi connectivity index (χ4n) is 1.24. The predicted octanol–water partition coefficient (Wildman–Crippen LogP) is 2.55. The van der Waals surface area contributed by atoms with E-state index in [1.807, 2.05) is 32.0 Å². The van der Waals surface area contributed by atoms with Crippen LogP contribution < -0.4 is 5.32 Å². The fraction of sp³-hybridized carbons (Fsp3) is 0.300. The van der Waals surface area contributed by atoms with Crippen LogP contribution in [0.2, 0.25) is 0 Å². The summed E-state index contributed by atoms with van der Waals surface area (Å²) in [5.74, 6) is -0.306. The number of nitrogens with one attached hydrogen (secondary N) is 1. The lowest BCUT2D eigenvalue weighted by atomic mass is 10.1. The van der Waals surface area contributed by atoms with Crippen molar-refractivity contribution < 1.29 is 4.79 Å². The molecule has 1 N–H and O–H groups in total. The van der Waals surface area contributed by atoms with Gasteiger partial charge in [0.15, 0.2) is 0 Å². The van der Waals surface area contributed by atoms with E-state index in [9.17, 15) is 4.79 Å². The zero-order chi connectivity index (χ0) is 11.3. The monoisotopic (exact) mass is 204 g/mol. The third-order valence-corrected chi connectivity index (χ3v) is 1.93. The summed E-state index contributed by atoms with van der Waals surface area (Å²) in [6.45, 7) is 3.72. The summed E-state index contributed by atoms with van der Waals surface area (Å²) < 4.78 is 0. The summed E-state index contributed by atoms with van der Waals surface area (Å²) in [5.41, 5.74) is 10.9. The van der Waals surface area contributed by atoms with Crippen molar-refractivity contribution in [3.8, 4) is 0 Å². The minimum absolute atomic E-state index is 0.177. The summed E-state index contributed by atoms with van der Waals surface area (Å²) in [5, 5.41) is 5.85. The zero-order valence-electron chi connectivity index (χ0n) is 8.69. The average molecular weight is 204 g/mol. The van der Waals surface area contributed by atoms with E-state index in [1.54, 1.807) is 0 Å². The lowest BCUT2D eigenvalue weighted by Crippen LogP contribution is -2.15. The van der Waals surface area contributed by atoms with Gasteiger partial charge in [0.05, 0.1) is 0 Å². The predicted molar refractivity (Wildman–Crippen MR) is 58.6 cm³/mol. The molecule has 0 radical (unpaired) electrons. The maximum atomic E-state index is 11.2. The number of amides is 1. The van der Waals surface area contributed by atoms with Gasteiger partial charge in [0.25, 0.3) is 0 Å². The lowest BCUT2D eigenvalue weighted by molar-refractivity contribution is -0.114. The van der Waals surface area contributed by atoms with Gasteiger partial charge in [-0.1, -0.05) is 22.8 Å². The second-order valence-electron chi connectivity index (χ2n) is 3.26. The molecule has 1 aromatic carbocycles. The first kappa shape index (κ1) is 11.1. The van der Waals surface area contributed by atoms with Crippen LogP contribution >= 0.6 is 0 Å². The van der Waals surface area contributed by atoms with Crippen LogP contribution in [0.1, 0.15) is 11.1 Å². The Kier molecular flexibility index (Phi) is 3.71. The Hall–Kier alpha value is -2.00. The van der Waals surface area contributed by atoms with Crippen molar-refractivity contribution in [1.82, 2.24) is 0 Å². The molecule has 5 heteroatoms. The standard InChI is InChI=1S/C10H12N4O/c1-7-3-4-9(8(2)5-7)13-10(15)6-12-14-11/h3-5H,6H2,1-2H3,(H,13,15). The largest absolute Gasteiger partial charge is 0.326 e. The maximum Gasteiger partial charge on any atom is 0.230 e. The molecule has 1 aromatic rings. The van der Waals surface area contributed by atoms with Crippen LogP contribution in [0.25, 0.3) is 10.4 Å². The molecule has 0 aliphatic rings. The summed E-state index contributed by atoms with van der Waals surface area (Å²) in [4.78, 5) is 13.8. The third-order valence-electron chi connectivity index (χ3n) is 1.93. The molecule has 0 saturated carbocycles. The highest BCUT2D eigenvalue weighted by Gasteiger charge is 2.02. The molecular weight excluding hydrogens is 192 g/mol. The Labute approximate surface area is 87.7 Å². The number of carbonyl (C=O) groups excluding carboxylic acids is 1. The van der Waals surface area contributed by atoms with Crippen molar-refractivity contribution in [2.45, 2.75) is 13.8 Å². The van der Waals surface area contributed by atoms with Crippen LogP contribution in [-0.4, -0.2) is 12.5 Å². The van der Waals surface area contributed by atoms with Crippen molar-refractivity contribution in [1.29, 1.82) is 0 Å². The highest BCUT2D eigenvalue weighted by molar-refractivity contribution is 5.93. The van der Waals surface area contributed by atoms with Crippen molar-refractivity contribution in [2.24, 2.45) is 5.11 Å². The molecule has 0 fully saturated rings. The van der Waals surface area contributed by atoms with E-state index in [0.717, 1.165) is 16.8 Å². The average Bonchev–Trinajstić information content (AvgIpc) is 2.19. The summed E-state index contributed by atoms with van der Waals surface area (Å²) in [6, 6.07) is 5.72. The number of aryl methyl sites for hydroxylation is 2. The summed E-state index contributed by atoms with van der Waals surface area (Å²) in [7, 11) is 0. The second-order valence-corrected chi connectivity index (χ2v) is 3.26. The fourth-order valence-corrected chi connectivity index (χ4v) is 1.24. The minimum atomic E-state index is -0.306. The molecule has 0 unspecified atom stereocenters. The second kappa shape index (κ2) is 5.02. The molecule has 1 rings (SSSR count). The number of carbonyl (C=O) groups is 1. The molecule has 0 spiro atoms. The van der Waals surface area contributed by atoms with Gasteiger partial charge in [-0.05, 0) is 31.0 Å². The zero-order valence-corrected chi connectivity index (χ0v) is 8.69. The van der Waals surface area contributed by atoms with Gasteiger partial charge >= 0.3 is 0 Å². The molecule has 1 amide bonds. The molecule has 0 aromatic heterocycles. The smallest absolute Gasteiger partial charge is 0.230 e. The van der Waals surface area contributed by atoms with Gasteiger partial charge in [0, 0.05) is 10.6 Å². The highest BCUT2D eigenvalue weighted by Crippen LogP contribution is 2.15. The third kappa shape index (κ3) is 3.32. The van der Waals surface area contributed by atoms with Gasteiger partial charge in [-0.2, -0.15) is 0 Å². The molecular formula is C10H12N4O. The topological polar surface area (TPSA) is 77.9 Å². The van der Waals surface area contributed by atoms with Gasteiger partial charge in [-0.25, -0.2) is 0 Å². The van der Waals surface area contributed by atoms with E-state index in [-0.39, 0.29) is 12.5 Å². The molecule has 0 aliphatic heterocycles. The van der Waals surface area contributed by atoms with E-state index in [1.165, 1.54) is 0 Å². The lowest BCUT2D eigenvalue weighted by Gasteiger charge is -2.07. The first-order chi connectivity index (χ1) is 7.13. The van der Waals surface area contributed by atoms with Gasteiger partial charge in [-0.3, -0.25) is 4.79 Å². The van der Waals surface area contributed by atoms with E-state index < -0.39 is 0 Å². The molecule has 5 nitrogen and oxygen atoms in total. The summed E-state index contributed by atoms with van der Waals surface area (Å²) >= 11 is 0. The molecule has 0 saturated heterocycles. The summed E-state index contributed by atoms with van der Waals surface area (Å²) in [6.07, 6.45) is 0. The molecule has 78 valence electrons. The number of azide groups is 1. The van der Waals surface area contributed by atoms with E-state index in [0.29, 0.717) is 0 Å². The van der Waals surface area contributed by atoms with E-state index in [4.69, 9.17) is 5.53 Å². The quantitative estimate of drug-likeness (QED) is 0.458. The SMILES string of the molecule is Cc1ccc(NC(=O)CN=[N+]=[N-])c(C)c1. The molecule has 15 heavy (non-hydrogen) atoms.